The maximum Gasteiger partial charge on any atom is 0.360 e. The largest absolute Gasteiger partial charge is 0.461 e. The number of aryl methyl sites for hydroxylation is 1. The summed E-state index contributed by atoms with van der Waals surface area (Å²) < 4.78 is 6.76. The van der Waals surface area contributed by atoms with Crippen LogP contribution < -0.4 is 5.73 Å². The predicted octanol–water partition coefficient (Wildman–Crippen LogP) is 1.62. The first kappa shape index (κ1) is 14.1. The molecule has 0 aliphatic carbocycles. The number of esters is 1. The van der Waals surface area contributed by atoms with Crippen LogP contribution >= 0.6 is 0 Å². The number of hydrogen-bond acceptors (Lipinski definition) is 4. The SMILES string of the molecule is C#CCCCn1c(CC)nc(C(=O)OCC)c1N. The van der Waals surface area contributed by atoms with Crippen molar-refractivity contribution >= 4 is 11.8 Å². The highest BCUT2D eigenvalue weighted by molar-refractivity contribution is 5.92. The Labute approximate surface area is 107 Å². The van der Waals surface area contributed by atoms with E-state index in [9.17, 15) is 4.79 Å². The Balaban J connectivity index is 2.95. The van der Waals surface area contributed by atoms with Crippen molar-refractivity contribution in [3.05, 3.63) is 11.5 Å². The number of ether oxygens (including phenoxy) is 1. The smallest absolute Gasteiger partial charge is 0.360 e. The zero-order chi connectivity index (χ0) is 13.5. The first-order valence-corrected chi connectivity index (χ1v) is 6.11. The normalized spacial score (nSPS) is 10.1. The van der Waals surface area contributed by atoms with E-state index in [1.165, 1.54) is 0 Å². The van der Waals surface area contributed by atoms with E-state index >= 15 is 0 Å². The van der Waals surface area contributed by atoms with Crippen molar-refractivity contribution < 1.29 is 9.53 Å². The second-order valence-electron chi connectivity index (χ2n) is 3.80. The minimum Gasteiger partial charge on any atom is -0.461 e. The number of hydrogen-bond donors (Lipinski definition) is 1. The molecule has 98 valence electrons. The Hall–Kier alpha value is -1.96. The summed E-state index contributed by atoms with van der Waals surface area (Å²) in [7, 11) is 0. The summed E-state index contributed by atoms with van der Waals surface area (Å²) in [6, 6.07) is 0. The van der Waals surface area contributed by atoms with Crippen molar-refractivity contribution in [2.24, 2.45) is 0 Å². The van der Waals surface area contributed by atoms with Gasteiger partial charge in [0.15, 0.2) is 5.69 Å². The zero-order valence-electron chi connectivity index (χ0n) is 10.9. The molecule has 0 aliphatic rings. The summed E-state index contributed by atoms with van der Waals surface area (Å²) in [5.41, 5.74) is 6.14. The predicted molar refractivity (Wildman–Crippen MR) is 70.0 cm³/mol. The maximum atomic E-state index is 11.7. The Kier molecular flexibility index (Phi) is 5.25. The van der Waals surface area contributed by atoms with E-state index in [4.69, 9.17) is 16.9 Å². The first-order chi connectivity index (χ1) is 8.65. The third-order valence-electron chi connectivity index (χ3n) is 2.57. The molecule has 1 aromatic rings. The highest BCUT2D eigenvalue weighted by Gasteiger charge is 2.20. The van der Waals surface area contributed by atoms with Gasteiger partial charge in [-0.25, -0.2) is 9.78 Å². The number of nitrogen functional groups attached to an aromatic ring is 1. The van der Waals surface area contributed by atoms with Crippen LogP contribution in [0.1, 0.15) is 43.0 Å². The molecule has 0 amide bonds. The van der Waals surface area contributed by atoms with Gasteiger partial charge in [0, 0.05) is 19.4 Å². The van der Waals surface area contributed by atoms with Gasteiger partial charge >= 0.3 is 5.97 Å². The van der Waals surface area contributed by atoms with Gasteiger partial charge in [-0.15, -0.1) is 12.3 Å². The van der Waals surface area contributed by atoms with Crippen LogP contribution in [0.25, 0.3) is 0 Å². The van der Waals surface area contributed by atoms with Gasteiger partial charge < -0.3 is 15.0 Å². The summed E-state index contributed by atoms with van der Waals surface area (Å²) >= 11 is 0. The van der Waals surface area contributed by atoms with Gasteiger partial charge in [-0.3, -0.25) is 0 Å². The van der Waals surface area contributed by atoms with Gasteiger partial charge in [-0.05, 0) is 13.3 Å². The van der Waals surface area contributed by atoms with E-state index < -0.39 is 5.97 Å². The second kappa shape index (κ2) is 6.70. The molecule has 1 aromatic heterocycles. The Bertz CT molecular complexity index is 458. The standard InChI is InChI=1S/C13H19N3O2/c1-4-7-8-9-16-10(5-2)15-11(12(16)14)13(17)18-6-3/h1H,5-9,14H2,2-3H3. The molecule has 0 radical (unpaired) electrons. The molecule has 0 aliphatic heterocycles. The second-order valence-corrected chi connectivity index (χ2v) is 3.80. The first-order valence-electron chi connectivity index (χ1n) is 6.11. The number of unbranched alkanes of at least 4 members (excludes halogenated alkanes) is 1. The molecule has 0 saturated carbocycles. The molecule has 5 heteroatoms. The van der Waals surface area contributed by atoms with Gasteiger partial charge in [0.05, 0.1) is 6.61 Å². The number of anilines is 1. The summed E-state index contributed by atoms with van der Waals surface area (Å²) in [6.07, 6.45) is 7.41. The third-order valence-corrected chi connectivity index (χ3v) is 2.57. The van der Waals surface area contributed by atoms with E-state index in [-0.39, 0.29) is 5.69 Å². The molecule has 0 fully saturated rings. The molecule has 1 rings (SSSR count). The lowest BCUT2D eigenvalue weighted by molar-refractivity contribution is 0.0521. The molecule has 0 aromatic carbocycles. The Morgan fingerprint density at radius 1 is 1.56 bits per heavy atom. The molecule has 0 saturated heterocycles. The highest BCUT2D eigenvalue weighted by atomic mass is 16.5. The number of nitrogens with zero attached hydrogens (tertiary/aromatic N) is 2. The average Bonchev–Trinajstić information content (AvgIpc) is 2.67. The maximum absolute atomic E-state index is 11.7. The van der Waals surface area contributed by atoms with Crippen molar-refractivity contribution in [2.75, 3.05) is 12.3 Å². The van der Waals surface area contributed by atoms with Crippen LogP contribution in [0.15, 0.2) is 0 Å². The summed E-state index contributed by atoms with van der Waals surface area (Å²) in [4.78, 5) is 15.9. The van der Waals surface area contributed by atoms with E-state index in [0.29, 0.717) is 31.8 Å². The van der Waals surface area contributed by atoms with E-state index in [1.807, 2.05) is 11.5 Å². The lowest BCUT2D eigenvalue weighted by atomic mass is 10.3. The van der Waals surface area contributed by atoms with E-state index in [2.05, 4.69) is 10.9 Å². The molecular formula is C13H19N3O2. The minimum atomic E-state index is -0.472. The van der Waals surface area contributed by atoms with Gasteiger partial charge in [-0.1, -0.05) is 6.92 Å². The molecular weight excluding hydrogens is 230 g/mol. The van der Waals surface area contributed by atoms with Crippen LogP contribution in [-0.4, -0.2) is 22.1 Å². The van der Waals surface area contributed by atoms with Crippen LogP contribution in [0.3, 0.4) is 0 Å². The molecule has 0 unspecified atom stereocenters. The van der Waals surface area contributed by atoms with Crippen molar-refractivity contribution in [1.29, 1.82) is 0 Å². The monoisotopic (exact) mass is 249 g/mol. The topological polar surface area (TPSA) is 70.1 Å². The van der Waals surface area contributed by atoms with Crippen molar-refractivity contribution in [3.63, 3.8) is 0 Å². The molecule has 1 heterocycles. The minimum absolute atomic E-state index is 0.203. The molecule has 5 nitrogen and oxygen atoms in total. The lowest BCUT2D eigenvalue weighted by Gasteiger charge is -2.07. The van der Waals surface area contributed by atoms with Crippen LogP contribution in [-0.2, 0) is 17.7 Å². The number of terminal acetylenes is 1. The fraction of sp³-hybridized carbons (Fsp3) is 0.538. The molecule has 0 atom stereocenters. The number of aromatic nitrogens is 2. The Morgan fingerprint density at radius 3 is 2.83 bits per heavy atom. The fourth-order valence-corrected chi connectivity index (χ4v) is 1.72. The highest BCUT2D eigenvalue weighted by Crippen LogP contribution is 2.17. The van der Waals surface area contributed by atoms with Crippen LogP contribution in [0, 0.1) is 12.3 Å². The zero-order valence-corrected chi connectivity index (χ0v) is 10.9. The Morgan fingerprint density at radius 2 is 2.28 bits per heavy atom. The van der Waals surface area contributed by atoms with E-state index in [1.54, 1.807) is 6.92 Å². The number of nitrogens with two attached hydrogens (primary N) is 1. The summed E-state index contributed by atoms with van der Waals surface area (Å²) in [5.74, 6) is 3.25. The molecule has 0 bridgehead atoms. The van der Waals surface area contributed by atoms with Gasteiger partial charge in [0.1, 0.15) is 11.6 Å². The van der Waals surface area contributed by atoms with Crippen molar-refractivity contribution in [1.82, 2.24) is 9.55 Å². The molecule has 0 spiro atoms. The summed E-state index contributed by atoms with van der Waals surface area (Å²) in [5, 5.41) is 0. The molecule has 2 N–H and O–H groups in total. The summed E-state index contributed by atoms with van der Waals surface area (Å²) in [6.45, 7) is 4.70. The van der Waals surface area contributed by atoms with Crippen LogP contribution in [0.4, 0.5) is 5.82 Å². The number of carbonyl (C=O) groups is 1. The lowest BCUT2D eigenvalue weighted by Crippen LogP contribution is -2.10. The van der Waals surface area contributed by atoms with Gasteiger partial charge in [0.25, 0.3) is 0 Å². The number of imidazole rings is 1. The average molecular weight is 249 g/mol. The third kappa shape index (κ3) is 3.04. The fourth-order valence-electron chi connectivity index (χ4n) is 1.72. The molecule has 18 heavy (non-hydrogen) atoms. The van der Waals surface area contributed by atoms with E-state index in [0.717, 1.165) is 12.2 Å². The number of carbonyl (C=O) groups excluding carboxylic acids is 1. The van der Waals surface area contributed by atoms with Crippen LogP contribution in [0.2, 0.25) is 0 Å². The quantitative estimate of drug-likeness (QED) is 0.472. The number of rotatable bonds is 6. The van der Waals surface area contributed by atoms with Crippen molar-refractivity contribution in [3.8, 4) is 12.3 Å². The van der Waals surface area contributed by atoms with Crippen LogP contribution in [0.5, 0.6) is 0 Å². The van der Waals surface area contributed by atoms with Gasteiger partial charge in [-0.2, -0.15) is 0 Å². The van der Waals surface area contributed by atoms with Gasteiger partial charge in [0.2, 0.25) is 0 Å². The van der Waals surface area contributed by atoms with Crippen molar-refractivity contribution in [2.45, 2.75) is 39.7 Å².